The molecule has 3 heterocycles. The van der Waals surface area contributed by atoms with Crippen LogP contribution >= 0.6 is 0 Å². The first-order valence-electron chi connectivity index (χ1n) is 12.2. The number of benzene rings is 1. The lowest BCUT2D eigenvalue weighted by Crippen LogP contribution is -2.45. The molecule has 0 atom stereocenters. The third-order valence-electron chi connectivity index (χ3n) is 6.41. The zero-order chi connectivity index (χ0) is 25.7. The fourth-order valence-electron chi connectivity index (χ4n) is 4.40. The van der Waals surface area contributed by atoms with E-state index >= 15 is 0 Å². The Morgan fingerprint density at radius 2 is 1.86 bits per heavy atom. The Hall–Kier alpha value is -3.88. The van der Waals surface area contributed by atoms with Crippen molar-refractivity contribution >= 4 is 23.4 Å². The number of rotatable bonds is 8. The maximum absolute atomic E-state index is 13.2. The molecule has 1 aliphatic rings. The van der Waals surface area contributed by atoms with E-state index in [0.717, 1.165) is 16.9 Å². The second-order valence-corrected chi connectivity index (χ2v) is 9.01. The molecule has 190 valence electrons. The minimum atomic E-state index is -0.300. The molecule has 4 rings (SSSR count). The molecule has 3 aromatic rings. The summed E-state index contributed by atoms with van der Waals surface area (Å²) >= 11 is 0. The van der Waals surface area contributed by atoms with Gasteiger partial charge in [-0.1, -0.05) is 18.2 Å². The summed E-state index contributed by atoms with van der Waals surface area (Å²) in [5.74, 6) is -0.384. The number of carbonyl (C=O) groups excluding carboxylic acids is 3. The average Bonchev–Trinajstić information content (AvgIpc) is 3.32. The Balaban J connectivity index is 1.35. The summed E-state index contributed by atoms with van der Waals surface area (Å²) < 4.78 is 13.0. The number of carbonyl (C=O) groups is 3. The van der Waals surface area contributed by atoms with Crippen LogP contribution < -0.4 is 4.74 Å². The molecule has 0 radical (unpaired) electrons. The number of likely N-dealkylation sites (N-methyl/N-ethyl adjacent to an activating group) is 1. The predicted octanol–water partition coefficient (Wildman–Crippen LogP) is 3.10. The van der Waals surface area contributed by atoms with Crippen molar-refractivity contribution in [3.63, 3.8) is 0 Å². The van der Waals surface area contributed by atoms with Gasteiger partial charge in [0.05, 0.1) is 30.3 Å². The lowest BCUT2D eigenvalue weighted by molar-refractivity contribution is -0.151. The fraction of sp³-hybridized carbons (Fsp3) is 0.407. The van der Waals surface area contributed by atoms with E-state index in [9.17, 15) is 14.4 Å². The van der Waals surface area contributed by atoms with Gasteiger partial charge in [0, 0.05) is 32.5 Å². The number of piperidine rings is 1. The van der Waals surface area contributed by atoms with Crippen molar-refractivity contribution in [2.24, 2.45) is 5.92 Å². The molecule has 0 unspecified atom stereocenters. The van der Waals surface area contributed by atoms with Crippen LogP contribution in [0.25, 0.3) is 5.65 Å². The van der Waals surface area contributed by atoms with E-state index < -0.39 is 0 Å². The molecule has 1 saturated heterocycles. The van der Waals surface area contributed by atoms with Crippen LogP contribution in [0, 0.1) is 12.8 Å². The van der Waals surface area contributed by atoms with Gasteiger partial charge < -0.3 is 23.7 Å². The van der Waals surface area contributed by atoms with Gasteiger partial charge in [0.25, 0.3) is 5.91 Å². The number of para-hydroxylation sites is 1. The smallest absolute Gasteiger partial charge is 0.309 e. The van der Waals surface area contributed by atoms with Crippen LogP contribution in [-0.2, 0) is 20.9 Å². The van der Waals surface area contributed by atoms with Crippen LogP contribution in [0.3, 0.4) is 0 Å². The summed E-state index contributed by atoms with van der Waals surface area (Å²) in [5, 5.41) is 0. The first-order chi connectivity index (χ1) is 17.4. The van der Waals surface area contributed by atoms with Gasteiger partial charge in [0.1, 0.15) is 18.0 Å². The van der Waals surface area contributed by atoms with E-state index in [1.54, 1.807) is 43.1 Å². The Morgan fingerprint density at radius 3 is 2.58 bits per heavy atom. The second-order valence-electron chi connectivity index (χ2n) is 9.01. The number of amides is 2. The number of aromatic nitrogens is 2. The highest BCUT2D eigenvalue weighted by Gasteiger charge is 2.29. The third kappa shape index (κ3) is 5.67. The van der Waals surface area contributed by atoms with Gasteiger partial charge in [0.2, 0.25) is 5.91 Å². The van der Waals surface area contributed by atoms with E-state index in [2.05, 4.69) is 4.98 Å². The first-order valence-corrected chi connectivity index (χ1v) is 12.2. The molecule has 0 N–H and O–H groups in total. The number of fused-ring (bicyclic) bond motifs is 1. The SMILES string of the molecule is CCOC(=O)C1CCN(C(=O)CN(C)C(=O)c2ccccc2OCc2cn3cccc(C)c3n2)CC1. The highest BCUT2D eigenvalue weighted by Crippen LogP contribution is 2.22. The van der Waals surface area contributed by atoms with E-state index in [4.69, 9.17) is 9.47 Å². The first kappa shape index (κ1) is 25.2. The molecule has 0 saturated carbocycles. The standard InChI is InChI=1S/C27H32N4O5/c1-4-35-27(34)20-11-14-30(15-12-20)24(32)17-29(3)26(33)22-9-5-6-10-23(22)36-18-21-16-31-13-7-8-19(2)25(31)28-21/h5-10,13,16,20H,4,11-12,14-15,17-18H2,1-3H3. The summed E-state index contributed by atoms with van der Waals surface area (Å²) in [7, 11) is 1.60. The van der Waals surface area contributed by atoms with Gasteiger partial charge in [-0.25, -0.2) is 4.98 Å². The zero-order valence-corrected chi connectivity index (χ0v) is 21.0. The maximum Gasteiger partial charge on any atom is 0.309 e. The molecular weight excluding hydrogens is 460 g/mol. The third-order valence-corrected chi connectivity index (χ3v) is 6.41. The van der Waals surface area contributed by atoms with E-state index in [-0.39, 0.29) is 36.9 Å². The molecule has 2 amide bonds. The van der Waals surface area contributed by atoms with Crippen LogP contribution in [0.5, 0.6) is 5.75 Å². The fourth-order valence-corrected chi connectivity index (χ4v) is 4.40. The second kappa shape index (κ2) is 11.2. The number of nitrogens with zero attached hydrogens (tertiary/aromatic N) is 4. The molecule has 0 spiro atoms. The highest BCUT2D eigenvalue weighted by atomic mass is 16.5. The lowest BCUT2D eigenvalue weighted by atomic mass is 9.97. The minimum absolute atomic E-state index is 0.0526. The average molecular weight is 493 g/mol. The highest BCUT2D eigenvalue weighted by molar-refractivity contribution is 5.98. The van der Waals surface area contributed by atoms with Gasteiger partial charge >= 0.3 is 5.97 Å². The van der Waals surface area contributed by atoms with Crippen molar-refractivity contribution in [1.82, 2.24) is 19.2 Å². The van der Waals surface area contributed by atoms with Crippen molar-refractivity contribution in [1.29, 1.82) is 0 Å². The summed E-state index contributed by atoms with van der Waals surface area (Å²) in [6.07, 6.45) is 4.98. The molecule has 1 aliphatic heterocycles. The Labute approximate surface area is 210 Å². The van der Waals surface area contributed by atoms with Crippen LogP contribution in [0.4, 0.5) is 0 Å². The minimum Gasteiger partial charge on any atom is -0.486 e. The van der Waals surface area contributed by atoms with Crippen molar-refractivity contribution in [2.75, 3.05) is 33.3 Å². The monoisotopic (exact) mass is 492 g/mol. The molecule has 9 nitrogen and oxygen atoms in total. The number of aryl methyl sites for hydroxylation is 1. The molecule has 2 aromatic heterocycles. The summed E-state index contributed by atoms with van der Waals surface area (Å²) in [4.78, 5) is 45.7. The predicted molar refractivity (Wildman–Crippen MR) is 134 cm³/mol. The Morgan fingerprint density at radius 1 is 1.11 bits per heavy atom. The van der Waals surface area contributed by atoms with Gasteiger partial charge in [0.15, 0.2) is 0 Å². The van der Waals surface area contributed by atoms with Gasteiger partial charge in [-0.2, -0.15) is 0 Å². The summed E-state index contributed by atoms with van der Waals surface area (Å²) in [6, 6.07) is 11.0. The van der Waals surface area contributed by atoms with E-state index in [0.29, 0.717) is 43.9 Å². The van der Waals surface area contributed by atoms with Crippen LogP contribution in [0.1, 0.15) is 41.4 Å². The maximum atomic E-state index is 13.2. The van der Waals surface area contributed by atoms with Gasteiger partial charge in [-0.05, 0) is 50.5 Å². The number of ether oxygens (including phenoxy) is 2. The molecule has 9 heteroatoms. The summed E-state index contributed by atoms with van der Waals surface area (Å²) in [5.41, 5.74) is 3.07. The lowest BCUT2D eigenvalue weighted by Gasteiger charge is -2.32. The van der Waals surface area contributed by atoms with E-state index in [1.807, 2.05) is 35.9 Å². The normalized spacial score (nSPS) is 14.0. The number of likely N-dealkylation sites (tertiary alicyclic amines) is 1. The molecule has 0 bridgehead atoms. The number of esters is 1. The molecular formula is C27H32N4O5. The number of hydrogen-bond donors (Lipinski definition) is 0. The van der Waals surface area contributed by atoms with Crippen LogP contribution in [0.15, 0.2) is 48.8 Å². The van der Waals surface area contributed by atoms with Gasteiger partial charge in [-0.3, -0.25) is 14.4 Å². The zero-order valence-electron chi connectivity index (χ0n) is 21.0. The molecule has 36 heavy (non-hydrogen) atoms. The van der Waals surface area contributed by atoms with Crippen molar-refractivity contribution < 1.29 is 23.9 Å². The molecule has 0 aliphatic carbocycles. The Kier molecular flexibility index (Phi) is 7.87. The van der Waals surface area contributed by atoms with Crippen LogP contribution in [0.2, 0.25) is 0 Å². The number of hydrogen-bond acceptors (Lipinski definition) is 6. The molecule has 1 aromatic carbocycles. The number of imidazole rings is 1. The largest absolute Gasteiger partial charge is 0.486 e. The van der Waals surface area contributed by atoms with Gasteiger partial charge in [-0.15, -0.1) is 0 Å². The van der Waals surface area contributed by atoms with Crippen molar-refractivity contribution in [3.8, 4) is 5.75 Å². The van der Waals surface area contributed by atoms with Crippen molar-refractivity contribution in [3.05, 3.63) is 65.6 Å². The quantitative estimate of drug-likeness (QED) is 0.449. The topological polar surface area (TPSA) is 93.5 Å². The summed E-state index contributed by atoms with van der Waals surface area (Å²) in [6.45, 7) is 5.25. The number of pyridine rings is 1. The molecule has 1 fully saturated rings. The van der Waals surface area contributed by atoms with Crippen LogP contribution in [-0.4, -0.2) is 70.3 Å². The van der Waals surface area contributed by atoms with E-state index in [1.165, 1.54) is 4.90 Å². The van der Waals surface area contributed by atoms with Crippen molar-refractivity contribution in [2.45, 2.75) is 33.3 Å². The Bertz CT molecular complexity index is 1250.